The molecular formula is C28H38O6. The Bertz CT molecular complexity index is 896. The zero-order valence-corrected chi connectivity index (χ0v) is 20.8. The van der Waals surface area contributed by atoms with Crippen LogP contribution in [-0.4, -0.2) is 37.9 Å². The highest BCUT2D eigenvalue weighted by molar-refractivity contribution is 5.91. The van der Waals surface area contributed by atoms with Crippen molar-refractivity contribution in [3.8, 4) is 11.8 Å². The summed E-state index contributed by atoms with van der Waals surface area (Å²) in [4.78, 5) is 24.0. The zero-order valence-electron chi connectivity index (χ0n) is 20.8. The lowest BCUT2D eigenvalue weighted by Crippen LogP contribution is -2.30. The van der Waals surface area contributed by atoms with Crippen molar-refractivity contribution in [3.63, 3.8) is 0 Å². The van der Waals surface area contributed by atoms with Gasteiger partial charge in [-0.05, 0) is 57.6 Å². The molecule has 6 heteroatoms. The van der Waals surface area contributed by atoms with Crippen molar-refractivity contribution in [1.82, 2.24) is 0 Å². The molecular weight excluding hydrogens is 432 g/mol. The normalized spacial score (nSPS) is 22.7. The van der Waals surface area contributed by atoms with E-state index in [2.05, 4.69) is 17.9 Å². The minimum absolute atomic E-state index is 0.0420. The molecule has 34 heavy (non-hydrogen) atoms. The van der Waals surface area contributed by atoms with Crippen LogP contribution >= 0.6 is 0 Å². The van der Waals surface area contributed by atoms with Crippen LogP contribution in [0.5, 0.6) is 0 Å². The van der Waals surface area contributed by atoms with Crippen LogP contribution in [0.1, 0.15) is 88.2 Å². The first-order valence-electron chi connectivity index (χ1n) is 12.6. The van der Waals surface area contributed by atoms with Gasteiger partial charge < -0.3 is 18.6 Å². The lowest BCUT2D eigenvalue weighted by atomic mass is 9.95. The number of ether oxygens (including phenoxy) is 3. The molecule has 0 spiro atoms. The monoisotopic (exact) mass is 470 g/mol. The van der Waals surface area contributed by atoms with E-state index in [9.17, 15) is 9.59 Å². The molecule has 1 aliphatic carbocycles. The maximum absolute atomic E-state index is 12.7. The molecule has 0 aromatic carbocycles. The highest BCUT2D eigenvalue weighted by Crippen LogP contribution is 2.40. The van der Waals surface area contributed by atoms with Gasteiger partial charge in [-0.1, -0.05) is 13.0 Å². The molecule has 186 valence electrons. The van der Waals surface area contributed by atoms with E-state index in [4.69, 9.17) is 18.6 Å². The number of furan rings is 1. The largest absolute Gasteiger partial charge is 0.469 e. The van der Waals surface area contributed by atoms with Gasteiger partial charge in [-0.15, -0.1) is 11.8 Å². The number of unbranched alkanes of at least 4 members (excludes halogenated alkanes) is 1. The Hall–Kier alpha value is -2.36. The van der Waals surface area contributed by atoms with E-state index in [1.165, 1.54) is 7.11 Å². The highest BCUT2D eigenvalue weighted by Gasteiger charge is 2.37. The van der Waals surface area contributed by atoms with E-state index in [0.29, 0.717) is 12.8 Å². The van der Waals surface area contributed by atoms with Crippen LogP contribution < -0.4 is 0 Å². The highest BCUT2D eigenvalue weighted by atomic mass is 16.7. The van der Waals surface area contributed by atoms with Crippen LogP contribution in [-0.2, 0) is 36.6 Å². The Labute approximate surface area is 203 Å². The van der Waals surface area contributed by atoms with Crippen LogP contribution in [0.4, 0.5) is 0 Å². The van der Waals surface area contributed by atoms with Gasteiger partial charge in [0.25, 0.3) is 0 Å². The molecule has 1 aliphatic heterocycles. The Morgan fingerprint density at radius 3 is 2.88 bits per heavy atom. The molecule has 1 fully saturated rings. The summed E-state index contributed by atoms with van der Waals surface area (Å²) in [5.74, 6) is 7.59. The third kappa shape index (κ3) is 7.58. The number of ketones is 1. The van der Waals surface area contributed by atoms with Gasteiger partial charge in [-0.2, -0.15) is 0 Å². The summed E-state index contributed by atoms with van der Waals surface area (Å²) in [6.07, 6.45) is 11.5. The number of hydrogen-bond donors (Lipinski definition) is 0. The minimum atomic E-state index is -0.196. The van der Waals surface area contributed by atoms with Gasteiger partial charge in [-0.3, -0.25) is 9.59 Å². The second kappa shape index (κ2) is 13.5. The Morgan fingerprint density at radius 1 is 1.29 bits per heavy atom. The van der Waals surface area contributed by atoms with Gasteiger partial charge in [-0.25, -0.2) is 0 Å². The standard InChI is InChI=1S/C28H38O6/c1-4-5-6-11-20(2)24(29)16-15-22-23-18-21(12-7-8-13-27(30)31-3)33-26(23)19-25(22)34-28-14-9-10-17-32-28/h15-16,18,20,22,25,28H,6-14,17,19H2,1-3H3/b16-15+/t20?,22-,25-,28?/m1/s1. The predicted molar refractivity (Wildman–Crippen MR) is 129 cm³/mol. The fraction of sp³-hybridized carbons (Fsp3) is 0.643. The summed E-state index contributed by atoms with van der Waals surface area (Å²) < 4.78 is 23.0. The second-order valence-electron chi connectivity index (χ2n) is 9.20. The van der Waals surface area contributed by atoms with E-state index in [-0.39, 0.29) is 36.0 Å². The van der Waals surface area contributed by atoms with Crippen molar-refractivity contribution in [1.29, 1.82) is 0 Å². The van der Waals surface area contributed by atoms with Crippen LogP contribution in [0, 0.1) is 17.8 Å². The number of hydrogen-bond acceptors (Lipinski definition) is 6. The predicted octanol–water partition coefficient (Wildman–Crippen LogP) is 5.28. The van der Waals surface area contributed by atoms with Gasteiger partial charge >= 0.3 is 5.97 Å². The maximum atomic E-state index is 12.7. The first-order chi connectivity index (χ1) is 16.5. The SMILES string of the molecule is CC#CCCC(C)C(=O)/C=C/[C@@H]1c2cc(CCCCC(=O)OC)oc2C[C@H]1OC1CCCCO1. The fourth-order valence-electron chi connectivity index (χ4n) is 4.54. The molecule has 2 heterocycles. The Morgan fingerprint density at radius 2 is 2.15 bits per heavy atom. The number of aryl methyl sites for hydroxylation is 1. The molecule has 0 N–H and O–H groups in total. The first kappa shape index (κ1) is 26.2. The molecule has 3 rings (SSSR count). The number of methoxy groups -OCH3 is 1. The van der Waals surface area contributed by atoms with Crippen LogP contribution in [0.15, 0.2) is 22.6 Å². The van der Waals surface area contributed by atoms with Gasteiger partial charge in [0.1, 0.15) is 11.5 Å². The lowest BCUT2D eigenvalue weighted by molar-refractivity contribution is -0.188. The molecule has 1 saturated heterocycles. The van der Waals surface area contributed by atoms with E-state index in [1.54, 1.807) is 6.08 Å². The number of carbonyl (C=O) groups excluding carboxylic acids is 2. The average Bonchev–Trinajstić information content (AvgIpc) is 3.37. The van der Waals surface area contributed by atoms with Crippen molar-refractivity contribution in [2.45, 2.75) is 96.4 Å². The van der Waals surface area contributed by atoms with Crippen molar-refractivity contribution in [2.75, 3.05) is 13.7 Å². The fourth-order valence-corrected chi connectivity index (χ4v) is 4.54. The number of fused-ring (bicyclic) bond motifs is 1. The zero-order chi connectivity index (χ0) is 24.3. The van der Waals surface area contributed by atoms with Crippen LogP contribution in [0.2, 0.25) is 0 Å². The molecule has 2 aliphatic rings. The number of allylic oxidation sites excluding steroid dienone is 1. The van der Waals surface area contributed by atoms with E-state index in [0.717, 1.165) is 75.1 Å². The lowest BCUT2D eigenvalue weighted by Gasteiger charge is -2.28. The molecule has 0 radical (unpaired) electrons. The van der Waals surface area contributed by atoms with Gasteiger partial charge in [0.15, 0.2) is 12.1 Å². The summed E-state index contributed by atoms with van der Waals surface area (Å²) in [7, 11) is 1.41. The quantitative estimate of drug-likeness (QED) is 0.179. The van der Waals surface area contributed by atoms with Crippen LogP contribution in [0.25, 0.3) is 0 Å². The molecule has 6 nitrogen and oxygen atoms in total. The molecule has 0 amide bonds. The Balaban J connectivity index is 1.66. The summed E-state index contributed by atoms with van der Waals surface area (Å²) >= 11 is 0. The third-order valence-corrected chi connectivity index (χ3v) is 6.62. The van der Waals surface area contributed by atoms with E-state index < -0.39 is 0 Å². The van der Waals surface area contributed by atoms with E-state index >= 15 is 0 Å². The van der Waals surface area contributed by atoms with Crippen molar-refractivity contribution >= 4 is 11.8 Å². The van der Waals surface area contributed by atoms with Crippen molar-refractivity contribution in [3.05, 3.63) is 35.3 Å². The van der Waals surface area contributed by atoms with E-state index in [1.807, 2.05) is 19.9 Å². The molecule has 2 unspecified atom stereocenters. The molecule has 4 atom stereocenters. The third-order valence-electron chi connectivity index (χ3n) is 6.62. The topological polar surface area (TPSA) is 75.0 Å². The Kier molecular flexibility index (Phi) is 10.4. The number of carbonyl (C=O) groups is 2. The van der Waals surface area contributed by atoms with Gasteiger partial charge in [0.05, 0.1) is 13.2 Å². The summed E-state index contributed by atoms with van der Waals surface area (Å²) in [6, 6.07) is 2.10. The molecule has 1 aromatic rings. The maximum Gasteiger partial charge on any atom is 0.305 e. The molecule has 0 bridgehead atoms. The molecule has 1 aromatic heterocycles. The minimum Gasteiger partial charge on any atom is -0.469 e. The van der Waals surface area contributed by atoms with Gasteiger partial charge in [0.2, 0.25) is 0 Å². The summed E-state index contributed by atoms with van der Waals surface area (Å²) in [6.45, 7) is 4.50. The summed E-state index contributed by atoms with van der Waals surface area (Å²) in [5, 5.41) is 0. The number of esters is 1. The first-order valence-corrected chi connectivity index (χ1v) is 12.6. The summed E-state index contributed by atoms with van der Waals surface area (Å²) in [5.41, 5.74) is 1.09. The van der Waals surface area contributed by atoms with Crippen LogP contribution in [0.3, 0.4) is 0 Å². The molecule has 0 saturated carbocycles. The van der Waals surface area contributed by atoms with Crippen molar-refractivity contribution < 1.29 is 28.2 Å². The van der Waals surface area contributed by atoms with Crippen molar-refractivity contribution in [2.24, 2.45) is 5.92 Å². The smallest absolute Gasteiger partial charge is 0.305 e. The second-order valence-corrected chi connectivity index (χ2v) is 9.20. The number of rotatable bonds is 12. The average molecular weight is 471 g/mol. The van der Waals surface area contributed by atoms with Gasteiger partial charge in [0, 0.05) is 49.7 Å².